The van der Waals surface area contributed by atoms with Crippen LogP contribution in [0.2, 0.25) is 5.02 Å². The van der Waals surface area contributed by atoms with Crippen molar-refractivity contribution in [2.45, 2.75) is 12.8 Å². The topological polar surface area (TPSA) is 76.6 Å². The van der Waals surface area contributed by atoms with Gasteiger partial charge in [-0.05, 0) is 30.7 Å². The fraction of sp³-hybridized carbons (Fsp3) is 0.318. The molecular weight excluding hydrogens is 404 g/mol. The second-order valence-corrected chi connectivity index (χ2v) is 7.58. The number of hydrogen-bond acceptors (Lipinski definition) is 7. The molecule has 8 heteroatoms. The Kier molecular flexibility index (Phi) is 6.30. The first-order chi connectivity index (χ1) is 14.6. The molecule has 2 heterocycles. The SMILES string of the molecule is COc1cc2ncnc(Nc3cccc(Cl)c3)c2cc1OCCCN1CCC(=O)C1. The Morgan fingerprint density at radius 1 is 1.20 bits per heavy atom. The fourth-order valence-electron chi connectivity index (χ4n) is 3.49. The first kappa shape index (κ1) is 20.4. The smallest absolute Gasteiger partial charge is 0.162 e. The molecule has 0 unspecified atom stereocenters. The summed E-state index contributed by atoms with van der Waals surface area (Å²) in [5.74, 6) is 2.22. The molecule has 30 heavy (non-hydrogen) atoms. The van der Waals surface area contributed by atoms with Gasteiger partial charge >= 0.3 is 0 Å². The summed E-state index contributed by atoms with van der Waals surface area (Å²) in [6, 6.07) is 11.2. The number of carbonyl (C=O) groups is 1. The third-order valence-electron chi connectivity index (χ3n) is 4.99. The van der Waals surface area contributed by atoms with Crippen LogP contribution < -0.4 is 14.8 Å². The van der Waals surface area contributed by atoms with Gasteiger partial charge in [0.25, 0.3) is 0 Å². The van der Waals surface area contributed by atoms with Gasteiger partial charge in [-0.25, -0.2) is 9.97 Å². The number of ether oxygens (including phenoxy) is 2. The number of benzene rings is 2. The summed E-state index contributed by atoms with van der Waals surface area (Å²) in [5, 5.41) is 4.75. The lowest BCUT2D eigenvalue weighted by Gasteiger charge is -2.16. The van der Waals surface area contributed by atoms with Crippen molar-refractivity contribution >= 4 is 39.8 Å². The van der Waals surface area contributed by atoms with Crippen molar-refractivity contribution in [2.24, 2.45) is 0 Å². The van der Waals surface area contributed by atoms with Crippen molar-refractivity contribution in [3.05, 3.63) is 47.7 Å². The third-order valence-corrected chi connectivity index (χ3v) is 5.23. The summed E-state index contributed by atoms with van der Waals surface area (Å²) in [6.45, 7) is 2.76. The lowest BCUT2D eigenvalue weighted by Crippen LogP contribution is -2.23. The Morgan fingerprint density at radius 3 is 2.87 bits per heavy atom. The number of halogens is 1. The number of ketones is 1. The van der Waals surface area contributed by atoms with E-state index in [1.165, 1.54) is 6.33 Å². The number of fused-ring (bicyclic) bond motifs is 1. The Bertz CT molecular complexity index is 1060. The standard InChI is InChI=1S/C22H23ClN4O3/c1-29-20-12-19-18(11-21(20)30-9-3-7-27-8-6-17(28)13-27)22(25-14-24-19)26-16-5-2-4-15(23)10-16/h2,4-5,10-12,14H,3,6-9,13H2,1H3,(H,24,25,26). The fourth-order valence-corrected chi connectivity index (χ4v) is 3.68. The predicted molar refractivity (Wildman–Crippen MR) is 117 cm³/mol. The minimum Gasteiger partial charge on any atom is -0.493 e. The van der Waals surface area contributed by atoms with Crippen molar-refractivity contribution in [3.63, 3.8) is 0 Å². The second kappa shape index (κ2) is 9.28. The zero-order valence-electron chi connectivity index (χ0n) is 16.7. The van der Waals surface area contributed by atoms with E-state index in [1.54, 1.807) is 7.11 Å². The number of Topliss-reactive ketones (excluding diaryl/α,β-unsaturated/α-hetero) is 1. The van der Waals surface area contributed by atoms with Gasteiger partial charge in [0.15, 0.2) is 11.5 Å². The molecule has 0 bridgehead atoms. The van der Waals surface area contributed by atoms with Crippen LogP contribution in [0.4, 0.5) is 11.5 Å². The molecule has 3 aromatic rings. The van der Waals surface area contributed by atoms with Crippen molar-refractivity contribution in [2.75, 3.05) is 38.7 Å². The van der Waals surface area contributed by atoms with Crippen LogP contribution in [-0.4, -0.2) is 54.0 Å². The lowest BCUT2D eigenvalue weighted by atomic mass is 10.2. The Hall–Kier alpha value is -2.90. The number of likely N-dealkylation sites (tertiary alicyclic amines) is 1. The van der Waals surface area contributed by atoms with Gasteiger partial charge in [0.1, 0.15) is 17.9 Å². The molecule has 0 radical (unpaired) electrons. The van der Waals surface area contributed by atoms with E-state index >= 15 is 0 Å². The Balaban J connectivity index is 1.51. The maximum absolute atomic E-state index is 11.4. The molecule has 1 aliphatic rings. The number of aromatic nitrogens is 2. The number of rotatable bonds is 8. The number of nitrogens with one attached hydrogen (secondary N) is 1. The minimum absolute atomic E-state index is 0.312. The molecule has 1 saturated heterocycles. The van der Waals surface area contributed by atoms with Crippen LogP contribution in [-0.2, 0) is 4.79 Å². The number of nitrogens with zero attached hydrogens (tertiary/aromatic N) is 3. The molecule has 1 N–H and O–H groups in total. The molecule has 0 atom stereocenters. The maximum Gasteiger partial charge on any atom is 0.162 e. The molecule has 0 spiro atoms. The van der Waals surface area contributed by atoms with Crippen LogP contribution in [0, 0.1) is 0 Å². The molecule has 1 aromatic heterocycles. The largest absolute Gasteiger partial charge is 0.493 e. The van der Waals surface area contributed by atoms with Crippen LogP contribution >= 0.6 is 11.6 Å². The predicted octanol–water partition coefficient (Wildman–Crippen LogP) is 4.08. The lowest BCUT2D eigenvalue weighted by molar-refractivity contribution is -0.116. The van der Waals surface area contributed by atoms with E-state index in [0.29, 0.717) is 47.7 Å². The highest BCUT2D eigenvalue weighted by Crippen LogP contribution is 2.35. The van der Waals surface area contributed by atoms with E-state index < -0.39 is 0 Å². The van der Waals surface area contributed by atoms with E-state index in [-0.39, 0.29) is 0 Å². The number of hydrogen-bond donors (Lipinski definition) is 1. The average molecular weight is 427 g/mol. The van der Waals surface area contributed by atoms with Crippen LogP contribution in [0.15, 0.2) is 42.7 Å². The molecule has 1 fully saturated rings. The summed E-state index contributed by atoms with van der Waals surface area (Å²) in [7, 11) is 1.61. The molecule has 0 aliphatic carbocycles. The van der Waals surface area contributed by atoms with E-state index in [2.05, 4.69) is 20.2 Å². The molecular formula is C22H23ClN4O3. The number of methoxy groups -OCH3 is 1. The highest BCUT2D eigenvalue weighted by atomic mass is 35.5. The molecule has 0 amide bonds. The summed E-state index contributed by atoms with van der Waals surface area (Å²) >= 11 is 6.09. The van der Waals surface area contributed by atoms with Crippen LogP contribution in [0.1, 0.15) is 12.8 Å². The Morgan fingerprint density at radius 2 is 2.10 bits per heavy atom. The summed E-state index contributed by atoms with van der Waals surface area (Å²) in [5.41, 5.74) is 1.58. The van der Waals surface area contributed by atoms with E-state index in [1.807, 2.05) is 36.4 Å². The van der Waals surface area contributed by atoms with Crippen molar-refractivity contribution < 1.29 is 14.3 Å². The van der Waals surface area contributed by atoms with Crippen LogP contribution in [0.5, 0.6) is 11.5 Å². The van der Waals surface area contributed by atoms with Crippen molar-refractivity contribution in [3.8, 4) is 11.5 Å². The molecule has 156 valence electrons. The summed E-state index contributed by atoms with van der Waals surface area (Å²) in [4.78, 5) is 22.3. The van der Waals surface area contributed by atoms with Crippen LogP contribution in [0.25, 0.3) is 10.9 Å². The Labute approximate surface area is 180 Å². The number of anilines is 2. The van der Waals surface area contributed by atoms with Crippen LogP contribution in [0.3, 0.4) is 0 Å². The maximum atomic E-state index is 11.4. The highest BCUT2D eigenvalue weighted by molar-refractivity contribution is 6.30. The van der Waals surface area contributed by atoms with Gasteiger partial charge < -0.3 is 14.8 Å². The van der Waals surface area contributed by atoms with Crippen molar-refractivity contribution in [1.82, 2.24) is 14.9 Å². The average Bonchev–Trinajstić information content (AvgIpc) is 3.16. The van der Waals surface area contributed by atoms with Gasteiger partial charge in [-0.3, -0.25) is 9.69 Å². The van der Waals surface area contributed by atoms with E-state index in [9.17, 15) is 4.79 Å². The molecule has 2 aromatic carbocycles. The first-order valence-corrected chi connectivity index (χ1v) is 10.2. The first-order valence-electron chi connectivity index (χ1n) is 9.84. The summed E-state index contributed by atoms with van der Waals surface area (Å²) in [6.07, 6.45) is 2.99. The van der Waals surface area contributed by atoms with Gasteiger partial charge in [-0.15, -0.1) is 0 Å². The normalized spacial score (nSPS) is 14.3. The van der Waals surface area contributed by atoms with E-state index in [4.69, 9.17) is 21.1 Å². The molecule has 0 saturated carbocycles. The van der Waals surface area contributed by atoms with Gasteiger partial charge in [0, 0.05) is 41.7 Å². The zero-order valence-corrected chi connectivity index (χ0v) is 17.5. The summed E-state index contributed by atoms with van der Waals surface area (Å²) < 4.78 is 11.5. The van der Waals surface area contributed by atoms with Gasteiger partial charge in [-0.1, -0.05) is 17.7 Å². The zero-order chi connectivity index (χ0) is 20.9. The quantitative estimate of drug-likeness (QED) is 0.544. The highest BCUT2D eigenvalue weighted by Gasteiger charge is 2.18. The monoisotopic (exact) mass is 426 g/mol. The third kappa shape index (κ3) is 4.80. The van der Waals surface area contributed by atoms with Gasteiger partial charge in [0.05, 0.1) is 25.8 Å². The second-order valence-electron chi connectivity index (χ2n) is 7.14. The number of carbonyl (C=O) groups excluding carboxylic acids is 1. The minimum atomic E-state index is 0.312. The van der Waals surface area contributed by atoms with E-state index in [0.717, 1.165) is 36.1 Å². The molecule has 4 rings (SSSR count). The van der Waals surface area contributed by atoms with Crippen molar-refractivity contribution in [1.29, 1.82) is 0 Å². The molecule has 7 nitrogen and oxygen atoms in total. The van der Waals surface area contributed by atoms with Gasteiger partial charge in [-0.2, -0.15) is 0 Å². The van der Waals surface area contributed by atoms with Gasteiger partial charge in [0.2, 0.25) is 0 Å². The molecule has 1 aliphatic heterocycles.